The molecule has 2 N–H and O–H groups in total. The molecular weight excluding hydrogens is 462 g/mol. The number of tetrazole rings is 1. The summed E-state index contributed by atoms with van der Waals surface area (Å²) < 4.78 is 6.61. The topological polar surface area (TPSA) is 135 Å². The lowest BCUT2D eigenvalue weighted by Crippen LogP contribution is -2.48. The molecule has 0 aliphatic carbocycles. The molecule has 2 aromatic heterocycles. The molecule has 3 aromatic rings. The summed E-state index contributed by atoms with van der Waals surface area (Å²) in [5.41, 5.74) is 4.05. The minimum absolute atomic E-state index is 0.132. The number of rotatable bonds is 7. The number of nitrogens with one attached hydrogen (secondary N) is 1. The molecule has 2 atom stereocenters. The van der Waals surface area contributed by atoms with Crippen LogP contribution < -0.4 is 5.32 Å². The third-order valence-electron chi connectivity index (χ3n) is 7.13. The minimum Gasteiger partial charge on any atom is -0.457 e. The number of aromatic nitrogens is 5. The number of carbonyl (C=O) groups is 2. The maximum Gasteiger partial charge on any atom is 0.338 e. The Morgan fingerprint density at radius 3 is 2.92 bits per heavy atom. The highest BCUT2D eigenvalue weighted by molar-refractivity contribution is 5.94. The fourth-order valence-corrected chi connectivity index (χ4v) is 5.12. The lowest BCUT2D eigenvalue weighted by atomic mass is 9.81. The number of hydrogen-bond acceptors (Lipinski definition) is 9. The molecule has 0 bridgehead atoms. The number of nitrogens with zero attached hydrogens (tertiary/aromatic N) is 6. The van der Waals surface area contributed by atoms with Crippen molar-refractivity contribution in [2.45, 2.75) is 39.4 Å². The average Bonchev–Trinajstić information content (AvgIpc) is 3.54. The first-order valence-electron chi connectivity index (χ1n) is 12.0. The van der Waals surface area contributed by atoms with Gasteiger partial charge in [0.2, 0.25) is 0 Å². The zero-order chi connectivity index (χ0) is 25.3. The number of ether oxygens (including phenoxy) is 1. The summed E-state index contributed by atoms with van der Waals surface area (Å²) in [7, 11) is 0. The molecule has 188 valence electrons. The lowest BCUT2D eigenvalue weighted by Gasteiger charge is -2.41. The molecule has 1 saturated heterocycles. The van der Waals surface area contributed by atoms with Crippen LogP contribution in [0.15, 0.2) is 36.8 Å². The summed E-state index contributed by atoms with van der Waals surface area (Å²) in [5, 5.41) is 25.0. The molecule has 36 heavy (non-hydrogen) atoms. The number of β-amino-alcohol motifs (C(OH)–C–C–N with tert-alkyl or cyclic N) is 1. The van der Waals surface area contributed by atoms with Crippen LogP contribution in [0.2, 0.25) is 0 Å². The number of fused-ring (bicyclic) bond motifs is 1. The van der Waals surface area contributed by atoms with Gasteiger partial charge in [0, 0.05) is 25.2 Å². The van der Waals surface area contributed by atoms with Gasteiger partial charge in [-0.25, -0.2) is 9.78 Å². The number of amides is 1. The van der Waals surface area contributed by atoms with Crippen molar-refractivity contribution in [3.05, 3.63) is 64.7 Å². The van der Waals surface area contributed by atoms with E-state index in [0.717, 1.165) is 42.6 Å². The molecule has 1 amide bonds. The molecule has 0 saturated carbocycles. The molecular formula is C25H29N7O4. The van der Waals surface area contributed by atoms with E-state index in [9.17, 15) is 14.7 Å². The summed E-state index contributed by atoms with van der Waals surface area (Å²) in [6, 6.07) is 6.96. The van der Waals surface area contributed by atoms with Crippen LogP contribution in [0.25, 0.3) is 5.69 Å². The minimum atomic E-state index is -0.675. The Balaban J connectivity index is 1.18. The molecule has 1 fully saturated rings. The van der Waals surface area contributed by atoms with E-state index < -0.39 is 6.10 Å². The van der Waals surface area contributed by atoms with Gasteiger partial charge in [0.1, 0.15) is 18.6 Å². The van der Waals surface area contributed by atoms with Gasteiger partial charge in [0.25, 0.3) is 5.91 Å². The van der Waals surface area contributed by atoms with Crippen molar-refractivity contribution >= 4 is 11.9 Å². The van der Waals surface area contributed by atoms with Gasteiger partial charge in [-0.15, -0.1) is 5.10 Å². The average molecular weight is 492 g/mol. The van der Waals surface area contributed by atoms with Gasteiger partial charge < -0.3 is 15.2 Å². The van der Waals surface area contributed by atoms with E-state index in [1.54, 1.807) is 24.4 Å². The summed E-state index contributed by atoms with van der Waals surface area (Å²) in [6.07, 6.45) is 4.29. The van der Waals surface area contributed by atoms with Crippen LogP contribution >= 0.6 is 0 Å². The van der Waals surface area contributed by atoms with E-state index in [0.29, 0.717) is 30.0 Å². The summed E-state index contributed by atoms with van der Waals surface area (Å²) in [6.45, 7) is 6.97. The molecule has 11 heteroatoms. The van der Waals surface area contributed by atoms with Crippen molar-refractivity contribution in [3.8, 4) is 5.69 Å². The number of esters is 1. The van der Waals surface area contributed by atoms with Gasteiger partial charge in [-0.05, 0) is 71.5 Å². The van der Waals surface area contributed by atoms with E-state index in [1.807, 2.05) is 13.0 Å². The van der Waals surface area contributed by atoms with E-state index >= 15 is 0 Å². The van der Waals surface area contributed by atoms with Crippen molar-refractivity contribution in [3.63, 3.8) is 0 Å². The number of cyclic esters (lactones) is 1. The Hall–Kier alpha value is -3.70. The molecule has 2 aliphatic heterocycles. The number of likely N-dealkylation sites (tertiary alicyclic amines) is 1. The Bertz CT molecular complexity index is 1260. The van der Waals surface area contributed by atoms with Crippen LogP contribution in [0.3, 0.4) is 0 Å². The van der Waals surface area contributed by atoms with E-state index in [4.69, 9.17) is 4.74 Å². The van der Waals surface area contributed by atoms with Crippen molar-refractivity contribution < 1.29 is 19.4 Å². The van der Waals surface area contributed by atoms with E-state index in [1.165, 1.54) is 11.0 Å². The third-order valence-corrected chi connectivity index (χ3v) is 7.13. The number of piperidine rings is 1. The van der Waals surface area contributed by atoms with Crippen molar-refractivity contribution in [1.82, 2.24) is 35.4 Å². The second-order valence-corrected chi connectivity index (χ2v) is 9.89. The smallest absolute Gasteiger partial charge is 0.338 e. The standard InChI is InChI=1S/C25H29N7O4/c1-16-18(5-6-19-20(16)12-36-24(19)35)22(33)11-31-9-3-8-25(2,14-31)13-27-23(34)21-7-4-17(10-26-21)32-15-28-29-30-32/h4-7,10,15,22,33H,3,8-9,11-14H2,1-2H3,(H,27,34). The number of aliphatic hydroxyl groups is 1. The molecule has 0 spiro atoms. The number of hydrogen-bond donors (Lipinski definition) is 2. The Morgan fingerprint density at radius 1 is 1.31 bits per heavy atom. The highest BCUT2D eigenvalue weighted by Gasteiger charge is 2.33. The van der Waals surface area contributed by atoms with Crippen molar-refractivity contribution in [2.75, 3.05) is 26.2 Å². The van der Waals surface area contributed by atoms with Crippen LogP contribution in [0, 0.1) is 12.3 Å². The fraction of sp³-hybridized carbons (Fsp3) is 0.440. The summed E-state index contributed by atoms with van der Waals surface area (Å²) in [4.78, 5) is 31.0. The maximum atomic E-state index is 12.7. The van der Waals surface area contributed by atoms with Crippen LogP contribution in [0.5, 0.6) is 0 Å². The molecule has 2 unspecified atom stereocenters. The van der Waals surface area contributed by atoms with Crippen molar-refractivity contribution in [2.24, 2.45) is 5.41 Å². The Kier molecular flexibility index (Phi) is 6.50. The van der Waals surface area contributed by atoms with Crippen LogP contribution in [-0.4, -0.2) is 73.3 Å². The van der Waals surface area contributed by atoms with Gasteiger partial charge in [-0.1, -0.05) is 13.0 Å². The van der Waals surface area contributed by atoms with Crippen LogP contribution in [0.4, 0.5) is 0 Å². The quantitative estimate of drug-likeness (QED) is 0.472. The van der Waals surface area contributed by atoms with Gasteiger partial charge >= 0.3 is 5.97 Å². The molecule has 2 aliphatic rings. The normalized spacial score (nSPS) is 20.6. The Morgan fingerprint density at radius 2 is 2.17 bits per heavy atom. The van der Waals surface area contributed by atoms with Gasteiger partial charge in [0.05, 0.1) is 23.6 Å². The second kappa shape index (κ2) is 9.75. The monoisotopic (exact) mass is 491 g/mol. The zero-order valence-electron chi connectivity index (χ0n) is 20.3. The predicted molar refractivity (Wildman–Crippen MR) is 128 cm³/mol. The first-order valence-corrected chi connectivity index (χ1v) is 12.0. The van der Waals surface area contributed by atoms with Gasteiger partial charge in [-0.2, -0.15) is 4.68 Å². The second-order valence-electron chi connectivity index (χ2n) is 9.89. The lowest BCUT2D eigenvalue weighted by molar-refractivity contribution is 0.0502. The molecule has 0 radical (unpaired) electrons. The fourth-order valence-electron chi connectivity index (χ4n) is 5.12. The van der Waals surface area contributed by atoms with Crippen LogP contribution in [-0.2, 0) is 11.3 Å². The number of carbonyl (C=O) groups excluding carboxylic acids is 2. The van der Waals surface area contributed by atoms with Gasteiger partial charge in [0.15, 0.2) is 0 Å². The highest BCUT2D eigenvalue weighted by atomic mass is 16.5. The summed E-state index contributed by atoms with van der Waals surface area (Å²) in [5.74, 6) is -0.538. The van der Waals surface area contributed by atoms with E-state index in [2.05, 4.69) is 37.6 Å². The Labute approximate surface area is 208 Å². The third kappa shape index (κ3) is 4.84. The first-order chi connectivity index (χ1) is 17.3. The first kappa shape index (κ1) is 24.0. The number of pyridine rings is 1. The molecule has 11 nitrogen and oxygen atoms in total. The van der Waals surface area contributed by atoms with Crippen molar-refractivity contribution in [1.29, 1.82) is 0 Å². The molecule has 1 aromatic carbocycles. The van der Waals surface area contributed by atoms with Crippen LogP contribution in [0.1, 0.15) is 63.4 Å². The number of aliphatic hydroxyl groups excluding tert-OH is 1. The largest absolute Gasteiger partial charge is 0.457 e. The molecule has 5 rings (SSSR count). The van der Waals surface area contributed by atoms with E-state index in [-0.39, 0.29) is 23.9 Å². The SMILES string of the molecule is Cc1c(C(O)CN2CCCC(C)(CNC(=O)c3ccc(-n4cnnn4)cn3)C2)ccc2c1COC2=O. The number of benzene rings is 1. The summed E-state index contributed by atoms with van der Waals surface area (Å²) >= 11 is 0. The maximum absolute atomic E-state index is 12.7. The highest BCUT2D eigenvalue weighted by Crippen LogP contribution is 2.32. The predicted octanol–water partition coefficient (Wildman–Crippen LogP) is 1.60. The van der Waals surface area contributed by atoms with Gasteiger partial charge in [-0.3, -0.25) is 9.69 Å². The zero-order valence-corrected chi connectivity index (χ0v) is 20.3. The molecule has 4 heterocycles.